The average Bonchev–Trinajstić information content (AvgIpc) is 2.71. The summed E-state index contributed by atoms with van der Waals surface area (Å²) in [6.45, 7) is 3.89. The largest absolute Gasteiger partial charge is 0.484 e. The molecule has 0 saturated heterocycles. The SMILES string of the molecule is CCCOC(=O)c1ccc(OCC(=O)NNC(=O)c2ccc(C)c(Br)c2)cc1. The first-order valence-corrected chi connectivity index (χ1v) is 9.45. The highest BCUT2D eigenvalue weighted by molar-refractivity contribution is 9.10. The Morgan fingerprint density at radius 1 is 1.00 bits per heavy atom. The maximum atomic E-state index is 12.0. The number of hydrogen-bond donors (Lipinski definition) is 2. The maximum absolute atomic E-state index is 12.0. The molecule has 7 nitrogen and oxygen atoms in total. The van der Waals surface area contributed by atoms with Gasteiger partial charge in [0.15, 0.2) is 6.61 Å². The Morgan fingerprint density at radius 2 is 1.68 bits per heavy atom. The lowest BCUT2D eigenvalue weighted by molar-refractivity contribution is -0.123. The summed E-state index contributed by atoms with van der Waals surface area (Å²) in [4.78, 5) is 35.6. The fourth-order valence-electron chi connectivity index (χ4n) is 2.08. The number of hydrogen-bond acceptors (Lipinski definition) is 5. The Kier molecular flexibility index (Phi) is 8.01. The molecule has 0 atom stereocenters. The lowest BCUT2D eigenvalue weighted by Gasteiger charge is -2.10. The van der Waals surface area contributed by atoms with Gasteiger partial charge in [-0.1, -0.05) is 28.9 Å². The van der Waals surface area contributed by atoms with Gasteiger partial charge in [-0.3, -0.25) is 20.4 Å². The van der Waals surface area contributed by atoms with Gasteiger partial charge >= 0.3 is 5.97 Å². The fraction of sp³-hybridized carbons (Fsp3) is 0.250. The molecular formula is C20H21BrN2O5. The Bertz CT molecular complexity index is 852. The molecule has 0 fully saturated rings. The summed E-state index contributed by atoms with van der Waals surface area (Å²) in [5, 5.41) is 0. The van der Waals surface area contributed by atoms with Gasteiger partial charge in [-0.25, -0.2) is 4.79 Å². The first-order chi connectivity index (χ1) is 13.4. The van der Waals surface area contributed by atoms with E-state index in [-0.39, 0.29) is 6.61 Å². The summed E-state index contributed by atoms with van der Waals surface area (Å²) < 4.78 is 11.2. The zero-order chi connectivity index (χ0) is 20.5. The van der Waals surface area contributed by atoms with E-state index in [0.717, 1.165) is 16.5 Å². The Hall–Kier alpha value is -2.87. The topological polar surface area (TPSA) is 93.7 Å². The van der Waals surface area contributed by atoms with Crippen LogP contribution in [0.25, 0.3) is 0 Å². The van der Waals surface area contributed by atoms with E-state index in [2.05, 4.69) is 26.8 Å². The van der Waals surface area contributed by atoms with Crippen LogP contribution < -0.4 is 15.6 Å². The van der Waals surface area contributed by atoms with Gasteiger partial charge in [0.25, 0.3) is 11.8 Å². The van der Waals surface area contributed by atoms with Crippen molar-refractivity contribution >= 4 is 33.7 Å². The number of carbonyl (C=O) groups excluding carboxylic acids is 3. The van der Waals surface area contributed by atoms with Gasteiger partial charge in [-0.2, -0.15) is 0 Å². The van der Waals surface area contributed by atoms with E-state index in [1.165, 1.54) is 0 Å². The van der Waals surface area contributed by atoms with Gasteiger partial charge in [0, 0.05) is 10.0 Å². The summed E-state index contributed by atoms with van der Waals surface area (Å²) in [5.74, 6) is -0.956. The van der Waals surface area contributed by atoms with Gasteiger partial charge in [-0.15, -0.1) is 0 Å². The predicted octanol–water partition coefficient (Wildman–Crippen LogP) is 3.16. The molecule has 0 unspecified atom stereocenters. The molecule has 0 spiro atoms. The molecule has 0 bridgehead atoms. The van der Waals surface area contributed by atoms with E-state index in [9.17, 15) is 14.4 Å². The Morgan fingerprint density at radius 3 is 2.32 bits per heavy atom. The number of halogens is 1. The van der Waals surface area contributed by atoms with Crippen molar-refractivity contribution in [2.24, 2.45) is 0 Å². The Labute approximate surface area is 171 Å². The number of rotatable bonds is 7. The second-order valence-electron chi connectivity index (χ2n) is 5.92. The third-order valence-corrected chi connectivity index (χ3v) is 4.50. The van der Waals surface area contributed by atoms with E-state index >= 15 is 0 Å². The summed E-state index contributed by atoms with van der Waals surface area (Å²) >= 11 is 3.36. The highest BCUT2D eigenvalue weighted by Crippen LogP contribution is 2.17. The highest BCUT2D eigenvalue weighted by atomic mass is 79.9. The number of hydrazine groups is 1. The summed E-state index contributed by atoms with van der Waals surface area (Å²) in [6.07, 6.45) is 0.750. The van der Waals surface area contributed by atoms with Gasteiger partial charge in [0.05, 0.1) is 12.2 Å². The highest BCUT2D eigenvalue weighted by Gasteiger charge is 2.10. The number of aryl methyl sites for hydroxylation is 1. The van der Waals surface area contributed by atoms with Gasteiger partial charge < -0.3 is 9.47 Å². The molecule has 2 N–H and O–H groups in total. The van der Waals surface area contributed by atoms with Crippen molar-refractivity contribution in [1.29, 1.82) is 0 Å². The quantitative estimate of drug-likeness (QED) is 0.501. The molecule has 28 heavy (non-hydrogen) atoms. The number of carbonyl (C=O) groups is 3. The van der Waals surface area contributed by atoms with Crippen LogP contribution in [0.3, 0.4) is 0 Å². The summed E-state index contributed by atoms with van der Waals surface area (Å²) in [7, 11) is 0. The minimum absolute atomic E-state index is 0.294. The van der Waals surface area contributed by atoms with E-state index in [0.29, 0.717) is 23.5 Å². The molecule has 0 aliphatic heterocycles. The smallest absolute Gasteiger partial charge is 0.338 e. The van der Waals surface area contributed by atoms with Crippen LogP contribution in [0.5, 0.6) is 5.75 Å². The summed E-state index contributed by atoms with van der Waals surface area (Å²) in [6, 6.07) is 11.4. The molecule has 2 aromatic carbocycles. The van der Waals surface area contributed by atoms with E-state index in [1.807, 2.05) is 13.8 Å². The molecule has 0 radical (unpaired) electrons. The number of esters is 1. The van der Waals surface area contributed by atoms with Crippen molar-refractivity contribution in [3.05, 3.63) is 63.6 Å². The van der Waals surface area contributed by atoms with Crippen LogP contribution in [0.4, 0.5) is 0 Å². The number of nitrogens with one attached hydrogen (secondary N) is 2. The summed E-state index contributed by atoms with van der Waals surface area (Å²) in [5.41, 5.74) is 6.42. The van der Waals surface area contributed by atoms with Crippen molar-refractivity contribution in [1.82, 2.24) is 10.9 Å². The second-order valence-corrected chi connectivity index (χ2v) is 6.77. The van der Waals surface area contributed by atoms with E-state index < -0.39 is 17.8 Å². The lowest BCUT2D eigenvalue weighted by Crippen LogP contribution is -2.43. The number of amides is 2. The predicted molar refractivity (Wildman–Crippen MR) is 107 cm³/mol. The van der Waals surface area contributed by atoms with Crippen LogP contribution in [-0.2, 0) is 9.53 Å². The molecule has 0 aliphatic carbocycles. The van der Waals surface area contributed by atoms with Gasteiger partial charge in [-0.05, 0) is 55.3 Å². The molecule has 2 rings (SSSR count). The second kappa shape index (κ2) is 10.5. The molecular weight excluding hydrogens is 428 g/mol. The standard InChI is InChI=1S/C20H21BrN2O5/c1-3-10-27-20(26)14-6-8-16(9-7-14)28-12-18(24)22-23-19(25)15-5-4-13(2)17(21)11-15/h4-9,11H,3,10,12H2,1-2H3,(H,22,24)(H,23,25). The number of benzene rings is 2. The minimum Gasteiger partial charge on any atom is -0.484 e. The lowest BCUT2D eigenvalue weighted by atomic mass is 10.1. The van der Waals surface area contributed by atoms with Crippen LogP contribution in [0, 0.1) is 6.92 Å². The van der Waals surface area contributed by atoms with Crippen molar-refractivity contribution < 1.29 is 23.9 Å². The van der Waals surface area contributed by atoms with Gasteiger partial charge in [0.1, 0.15) is 5.75 Å². The minimum atomic E-state index is -0.522. The average molecular weight is 449 g/mol. The first kappa shape index (κ1) is 21.4. The number of ether oxygens (including phenoxy) is 2. The zero-order valence-corrected chi connectivity index (χ0v) is 17.2. The van der Waals surface area contributed by atoms with Crippen LogP contribution in [0.15, 0.2) is 46.9 Å². The van der Waals surface area contributed by atoms with Crippen LogP contribution in [0.2, 0.25) is 0 Å². The first-order valence-electron chi connectivity index (χ1n) is 8.66. The van der Waals surface area contributed by atoms with Crippen molar-refractivity contribution in [2.45, 2.75) is 20.3 Å². The third-order valence-electron chi connectivity index (χ3n) is 3.65. The fourth-order valence-corrected chi connectivity index (χ4v) is 2.46. The van der Waals surface area contributed by atoms with Crippen LogP contribution >= 0.6 is 15.9 Å². The zero-order valence-electron chi connectivity index (χ0n) is 15.6. The van der Waals surface area contributed by atoms with E-state index in [4.69, 9.17) is 9.47 Å². The molecule has 0 aromatic heterocycles. The molecule has 2 amide bonds. The van der Waals surface area contributed by atoms with Crippen molar-refractivity contribution in [3.63, 3.8) is 0 Å². The molecule has 8 heteroatoms. The maximum Gasteiger partial charge on any atom is 0.338 e. The Balaban J connectivity index is 1.78. The van der Waals surface area contributed by atoms with Gasteiger partial charge in [0.2, 0.25) is 0 Å². The monoisotopic (exact) mass is 448 g/mol. The van der Waals surface area contributed by atoms with Crippen molar-refractivity contribution in [2.75, 3.05) is 13.2 Å². The normalized spacial score (nSPS) is 10.1. The molecule has 148 valence electrons. The van der Waals surface area contributed by atoms with E-state index in [1.54, 1.807) is 42.5 Å². The van der Waals surface area contributed by atoms with Crippen LogP contribution in [-0.4, -0.2) is 31.0 Å². The van der Waals surface area contributed by atoms with Crippen molar-refractivity contribution in [3.8, 4) is 5.75 Å². The molecule has 0 aliphatic rings. The third kappa shape index (κ3) is 6.38. The van der Waals surface area contributed by atoms with Crippen LogP contribution in [0.1, 0.15) is 39.6 Å². The molecule has 0 saturated carbocycles. The molecule has 2 aromatic rings. The molecule has 0 heterocycles.